The molecule has 338 valence electrons. The standard InChI is InChI=1S/C28H33NO6.C20H25O7P/c1-35-24-14-10-20(11-15-24)28(34)22-8-6-7-21(19-22)25(30)16-12-23-13-17-26(31)29(23)18-5-3-2-4-9-27(32)33;1-23-18-11-9-16(10-12-18)20(24-2,25-3)17-8-6-7-15(13-17)19(21)14-28(22,26-4)27-5/h6-8,10-12,14-16,19,23,25,30H,2-5,9,13,17-18H2,1H3,(H,32,33);6-13H,14H2,1-5H3/b16-12+;/t23-,25?;/m0./s1. The topological polar surface area (TPSA) is 184 Å². The Balaban J connectivity index is 0.000000284. The minimum atomic E-state index is -3.47. The van der Waals surface area contributed by atoms with E-state index >= 15 is 0 Å². The van der Waals surface area contributed by atoms with Gasteiger partial charge in [-0.05, 0) is 85.5 Å². The van der Waals surface area contributed by atoms with Crippen molar-refractivity contribution >= 4 is 31.0 Å². The second kappa shape index (κ2) is 24.4. The lowest BCUT2D eigenvalue weighted by molar-refractivity contribution is -0.183. The van der Waals surface area contributed by atoms with Crippen LogP contribution >= 0.6 is 7.60 Å². The van der Waals surface area contributed by atoms with Gasteiger partial charge in [-0.3, -0.25) is 23.7 Å². The summed E-state index contributed by atoms with van der Waals surface area (Å²) in [6.45, 7) is 0.628. The van der Waals surface area contributed by atoms with Gasteiger partial charge in [0.15, 0.2) is 11.6 Å². The lowest BCUT2D eigenvalue weighted by Gasteiger charge is -2.32. The normalized spacial score (nSPS) is 14.6. The van der Waals surface area contributed by atoms with E-state index < -0.39 is 25.5 Å². The third kappa shape index (κ3) is 13.8. The molecule has 0 spiro atoms. The van der Waals surface area contributed by atoms with Gasteiger partial charge in [0, 0.05) is 75.6 Å². The van der Waals surface area contributed by atoms with Crippen LogP contribution < -0.4 is 9.47 Å². The predicted molar refractivity (Wildman–Crippen MR) is 237 cm³/mol. The number of unbranched alkanes of at least 4 members (excludes halogenated alkanes) is 3. The van der Waals surface area contributed by atoms with Crippen LogP contribution in [-0.2, 0) is 38.5 Å². The Morgan fingerprint density at radius 1 is 0.762 bits per heavy atom. The smallest absolute Gasteiger partial charge is 0.337 e. The molecule has 0 aliphatic carbocycles. The van der Waals surface area contributed by atoms with Crippen molar-refractivity contribution in [2.75, 3.05) is 55.4 Å². The minimum Gasteiger partial charge on any atom is -0.497 e. The summed E-state index contributed by atoms with van der Waals surface area (Å²) >= 11 is 0. The van der Waals surface area contributed by atoms with Gasteiger partial charge in [0.25, 0.3) is 0 Å². The van der Waals surface area contributed by atoms with E-state index in [4.69, 9.17) is 33.1 Å². The van der Waals surface area contributed by atoms with Gasteiger partial charge < -0.3 is 43.1 Å². The van der Waals surface area contributed by atoms with E-state index in [0.29, 0.717) is 65.1 Å². The van der Waals surface area contributed by atoms with Gasteiger partial charge in [0.2, 0.25) is 11.7 Å². The number of ether oxygens (including phenoxy) is 4. The van der Waals surface area contributed by atoms with Crippen molar-refractivity contribution in [1.29, 1.82) is 0 Å². The number of aliphatic hydroxyl groups excluding tert-OH is 1. The maximum absolute atomic E-state index is 12.9. The van der Waals surface area contributed by atoms with Gasteiger partial charge in [-0.15, -0.1) is 0 Å². The highest BCUT2D eigenvalue weighted by Crippen LogP contribution is 2.46. The number of carboxylic acid groups (broad SMARTS) is 1. The summed E-state index contributed by atoms with van der Waals surface area (Å²) < 4.78 is 43.8. The quantitative estimate of drug-likeness (QED) is 0.0238. The Hall–Kier alpha value is -5.47. The van der Waals surface area contributed by atoms with Gasteiger partial charge >= 0.3 is 13.6 Å². The van der Waals surface area contributed by atoms with Crippen LogP contribution in [0.2, 0.25) is 0 Å². The second-order valence-electron chi connectivity index (χ2n) is 14.7. The molecule has 5 rings (SSSR count). The molecule has 1 aliphatic heterocycles. The Morgan fingerprint density at radius 2 is 1.37 bits per heavy atom. The van der Waals surface area contributed by atoms with Crippen LogP contribution in [0.3, 0.4) is 0 Å². The lowest BCUT2D eigenvalue weighted by atomic mass is 9.94. The Labute approximate surface area is 369 Å². The van der Waals surface area contributed by atoms with Crippen LogP contribution in [0, 0.1) is 0 Å². The molecule has 1 saturated heterocycles. The van der Waals surface area contributed by atoms with Crippen molar-refractivity contribution in [3.8, 4) is 11.5 Å². The third-order valence-corrected chi connectivity index (χ3v) is 12.6. The molecular weight excluding hydrogens is 829 g/mol. The van der Waals surface area contributed by atoms with Gasteiger partial charge in [-0.2, -0.15) is 0 Å². The van der Waals surface area contributed by atoms with Crippen LogP contribution in [0.25, 0.3) is 0 Å². The molecule has 1 amide bonds. The van der Waals surface area contributed by atoms with Crippen molar-refractivity contribution in [3.63, 3.8) is 0 Å². The fourth-order valence-corrected chi connectivity index (χ4v) is 8.12. The van der Waals surface area contributed by atoms with E-state index in [9.17, 15) is 28.8 Å². The summed E-state index contributed by atoms with van der Waals surface area (Å²) in [5.74, 6) is -1.04. The first-order chi connectivity index (χ1) is 30.3. The number of carbonyl (C=O) groups excluding carboxylic acids is 3. The third-order valence-electron chi connectivity index (χ3n) is 10.8. The number of hydrogen-bond acceptors (Lipinski definition) is 12. The predicted octanol–water partition coefficient (Wildman–Crippen LogP) is 8.40. The summed E-state index contributed by atoms with van der Waals surface area (Å²) in [7, 11) is 5.23. The molecule has 1 heterocycles. The number of hydrogen-bond donors (Lipinski definition) is 2. The molecule has 1 fully saturated rings. The molecule has 2 N–H and O–H groups in total. The molecule has 4 aromatic rings. The molecular formula is C48H58NO13P. The molecule has 14 nitrogen and oxygen atoms in total. The monoisotopic (exact) mass is 887 g/mol. The summed E-state index contributed by atoms with van der Waals surface area (Å²) in [5.41, 5.74) is 3.31. The highest BCUT2D eigenvalue weighted by atomic mass is 31.2. The number of aliphatic carboxylic acids is 1. The summed E-state index contributed by atoms with van der Waals surface area (Å²) in [6.07, 6.45) is 6.85. The molecule has 2 atom stereocenters. The fourth-order valence-electron chi connectivity index (χ4n) is 7.18. The SMILES string of the molecule is COc1ccc(C(=O)c2cccc(C(O)/C=C/[C@H]3CCC(=O)N3CCCCCCC(=O)O)c2)cc1.COc1ccc(C(OC)(OC)c2cccc(C(=O)CP(=O)(OC)OC)c2)cc1. The number of likely N-dealkylation sites (tertiary alicyclic amines) is 1. The van der Waals surface area contributed by atoms with Crippen molar-refractivity contribution in [2.45, 2.75) is 62.9 Å². The molecule has 4 aromatic carbocycles. The van der Waals surface area contributed by atoms with Crippen molar-refractivity contribution in [3.05, 3.63) is 143 Å². The van der Waals surface area contributed by atoms with E-state index in [1.54, 1.807) is 105 Å². The Bertz CT molecular complexity index is 2190. The number of ketones is 2. The number of Topliss-reactive ketones (excluding diaryl/α,β-unsaturated/α-hetero) is 1. The zero-order valence-corrected chi connectivity index (χ0v) is 37.6. The van der Waals surface area contributed by atoms with Crippen LogP contribution in [0.4, 0.5) is 0 Å². The highest BCUT2D eigenvalue weighted by Gasteiger charge is 2.36. The number of carbonyl (C=O) groups is 4. The Morgan fingerprint density at radius 3 is 1.97 bits per heavy atom. The largest absolute Gasteiger partial charge is 0.497 e. The molecule has 1 aliphatic rings. The molecule has 0 saturated carbocycles. The van der Waals surface area contributed by atoms with E-state index in [1.165, 1.54) is 28.4 Å². The number of benzene rings is 4. The molecule has 1 unspecified atom stereocenters. The zero-order valence-electron chi connectivity index (χ0n) is 36.7. The van der Waals surface area contributed by atoms with Crippen LogP contribution in [0.1, 0.15) is 94.0 Å². The molecule has 15 heteroatoms. The summed E-state index contributed by atoms with van der Waals surface area (Å²) in [4.78, 5) is 50.2. The van der Waals surface area contributed by atoms with E-state index in [0.717, 1.165) is 24.8 Å². The first-order valence-corrected chi connectivity index (χ1v) is 22.2. The van der Waals surface area contributed by atoms with Crippen LogP contribution in [0.15, 0.2) is 109 Å². The first-order valence-electron chi connectivity index (χ1n) is 20.5. The maximum atomic E-state index is 12.9. The Kier molecular flexibility index (Phi) is 19.4. The lowest BCUT2D eigenvalue weighted by Crippen LogP contribution is -2.32. The molecule has 0 aromatic heterocycles. The maximum Gasteiger partial charge on any atom is 0.337 e. The number of aliphatic hydroxyl groups is 1. The number of amides is 1. The number of nitrogens with zero attached hydrogens (tertiary/aromatic N) is 1. The minimum absolute atomic E-state index is 0.0692. The number of methoxy groups -OCH3 is 4. The van der Waals surface area contributed by atoms with E-state index in [1.807, 2.05) is 23.1 Å². The molecule has 0 radical (unpaired) electrons. The average Bonchev–Trinajstić information content (AvgIpc) is 3.67. The van der Waals surface area contributed by atoms with Gasteiger partial charge in [0.1, 0.15) is 17.7 Å². The van der Waals surface area contributed by atoms with Crippen molar-refractivity contribution < 1.29 is 62.0 Å². The second-order valence-corrected chi connectivity index (χ2v) is 16.9. The van der Waals surface area contributed by atoms with Crippen molar-refractivity contribution in [2.24, 2.45) is 0 Å². The van der Waals surface area contributed by atoms with Gasteiger partial charge in [-0.1, -0.05) is 61.4 Å². The molecule has 0 bridgehead atoms. The first kappa shape index (κ1) is 50.2. The number of rotatable bonds is 23. The fraction of sp³-hybridized carbons (Fsp3) is 0.375. The van der Waals surface area contributed by atoms with Crippen LogP contribution in [0.5, 0.6) is 11.5 Å². The van der Waals surface area contributed by atoms with E-state index in [-0.39, 0.29) is 36.1 Å². The number of carboxylic acids is 1. The van der Waals surface area contributed by atoms with Gasteiger partial charge in [-0.25, -0.2) is 0 Å². The van der Waals surface area contributed by atoms with Crippen LogP contribution in [-0.4, -0.2) is 100.0 Å². The average molecular weight is 888 g/mol. The van der Waals surface area contributed by atoms with Crippen molar-refractivity contribution in [1.82, 2.24) is 4.90 Å². The van der Waals surface area contributed by atoms with Gasteiger partial charge in [0.05, 0.1) is 26.4 Å². The highest BCUT2D eigenvalue weighted by molar-refractivity contribution is 7.54. The zero-order chi connectivity index (χ0) is 46.0. The summed E-state index contributed by atoms with van der Waals surface area (Å²) in [5, 5.41) is 19.4. The molecule has 63 heavy (non-hydrogen) atoms. The summed E-state index contributed by atoms with van der Waals surface area (Å²) in [6, 6.07) is 27.8. The van der Waals surface area contributed by atoms with E-state index in [2.05, 4.69) is 0 Å².